The van der Waals surface area contributed by atoms with Crippen molar-refractivity contribution in [3.8, 4) is 5.75 Å². The van der Waals surface area contributed by atoms with Gasteiger partial charge in [-0.15, -0.1) is 0 Å². The van der Waals surface area contributed by atoms with Crippen LogP contribution in [0.15, 0.2) is 33.7 Å². The van der Waals surface area contributed by atoms with Crippen LogP contribution in [0.3, 0.4) is 0 Å². The first-order valence-corrected chi connectivity index (χ1v) is 7.34. The van der Waals surface area contributed by atoms with E-state index < -0.39 is 0 Å². The van der Waals surface area contributed by atoms with Crippen LogP contribution >= 0.6 is 0 Å². The van der Waals surface area contributed by atoms with E-state index in [1.54, 1.807) is 12.3 Å². The van der Waals surface area contributed by atoms with Crippen molar-refractivity contribution in [1.82, 2.24) is 9.47 Å². The Morgan fingerprint density at radius 3 is 2.77 bits per heavy atom. The molecule has 0 atom stereocenters. The summed E-state index contributed by atoms with van der Waals surface area (Å²) in [4.78, 5) is 13.9. The first-order valence-electron chi connectivity index (χ1n) is 7.34. The highest BCUT2D eigenvalue weighted by Crippen LogP contribution is 2.18. The summed E-state index contributed by atoms with van der Waals surface area (Å²) in [6.07, 6.45) is 1.59. The minimum atomic E-state index is -0.386. The summed E-state index contributed by atoms with van der Waals surface area (Å²) in [5.41, 5.74) is 0.911. The Hall–Kier alpha value is -2.05. The van der Waals surface area contributed by atoms with Gasteiger partial charge in [-0.3, -0.25) is 9.69 Å². The Morgan fingerprint density at radius 1 is 1.41 bits per heavy atom. The quantitative estimate of drug-likeness (QED) is 0.806. The van der Waals surface area contributed by atoms with E-state index >= 15 is 0 Å². The second-order valence-electron chi connectivity index (χ2n) is 5.20. The van der Waals surface area contributed by atoms with Crippen molar-refractivity contribution in [3.63, 3.8) is 0 Å². The van der Waals surface area contributed by atoms with Crippen molar-refractivity contribution in [2.45, 2.75) is 26.9 Å². The van der Waals surface area contributed by atoms with Gasteiger partial charge in [0.2, 0.25) is 5.43 Å². The number of rotatable bonds is 7. The van der Waals surface area contributed by atoms with Gasteiger partial charge in [-0.2, -0.15) is 0 Å². The molecule has 0 radical (unpaired) electrons. The smallest absolute Gasteiger partial charge is 0.223 e. The summed E-state index contributed by atoms with van der Waals surface area (Å²) in [6, 6.07) is 5.07. The number of aromatic hydroxyl groups is 1. The van der Waals surface area contributed by atoms with Crippen molar-refractivity contribution in [3.05, 3.63) is 51.8 Å². The molecule has 0 aliphatic heterocycles. The maximum Gasteiger partial charge on any atom is 0.223 e. The van der Waals surface area contributed by atoms with Gasteiger partial charge in [-0.1, -0.05) is 6.92 Å². The van der Waals surface area contributed by atoms with E-state index in [-0.39, 0.29) is 17.8 Å². The number of aromatic nitrogens is 1. The van der Waals surface area contributed by atoms with Gasteiger partial charge >= 0.3 is 0 Å². The van der Waals surface area contributed by atoms with Gasteiger partial charge in [-0.05, 0) is 25.6 Å². The third-order valence-electron chi connectivity index (χ3n) is 3.73. The average Bonchev–Trinajstić information content (AvgIpc) is 3.00. The highest BCUT2D eigenvalue weighted by molar-refractivity contribution is 5.30. The van der Waals surface area contributed by atoms with Crippen LogP contribution < -0.4 is 5.43 Å². The van der Waals surface area contributed by atoms with Gasteiger partial charge in [0.15, 0.2) is 5.75 Å². The zero-order chi connectivity index (χ0) is 16.1. The monoisotopic (exact) mass is 306 g/mol. The SMILES string of the molecule is CCN(CCO)Cc1c(O)c(=O)cc(C)n1Cc1ccco1. The lowest BCUT2D eigenvalue weighted by atomic mass is 10.2. The largest absolute Gasteiger partial charge is 0.503 e. The molecule has 22 heavy (non-hydrogen) atoms. The summed E-state index contributed by atoms with van der Waals surface area (Å²) < 4.78 is 7.23. The molecule has 0 amide bonds. The van der Waals surface area contributed by atoms with E-state index in [2.05, 4.69) is 0 Å². The minimum Gasteiger partial charge on any atom is -0.503 e. The highest BCUT2D eigenvalue weighted by atomic mass is 16.3. The van der Waals surface area contributed by atoms with E-state index in [9.17, 15) is 9.90 Å². The van der Waals surface area contributed by atoms with Gasteiger partial charge in [0.25, 0.3) is 0 Å². The third-order valence-corrected chi connectivity index (χ3v) is 3.73. The lowest BCUT2D eigenvalue weighted by Gasteiger charge is -2.23. The highest BCUT2D eigenvalue weighted by Gasteiger charge is 2.16. The van der Waals surface area contributed by atoms with E-state index in [1.807, 2.05) is 29.4 Å². The molecule has 0 saturated carbocycles. The number of aliphatic hydroxyl groups excluding tert-OH is 1. The fourth-order valence-electron chi connectivity index (χ4n) is 2.46. The van der Waals surface area contributed by atoms with Crippen molar-refractivity contribution < 1.29 is 14.6 Å². The number of likely N-dealkylation sites (N-methyl/N-ethyl adjacent to an activating group) is 1. The van der Waals surface area contributed by atoms with Crippen LogP contribution in [0.2, 0.25) is 0 Å². The van der Waals surface area contributed by atoms with Crippen LogP contribution in [0, 0.1) is 6.92 Å². The maximum absolute atomic E-state index is 11.9. The topological polar surface area (TPSA) is 78.8 Å². The van der Waals surface area contributed by atoms with E-state index in [0.29, 0.717) is 31.9 Å². The number of aliphatic hydroxyl groups is 1. The number of furan rings is 1. The van der Waals surface area contributed by atoms with E-state index in [1.165, 1.54) is 6.07 Å². The summed E-state index contributed by atoms with van der Waals surface area (Å²) in [7, 11) is 0. The van der Waals surface area contributed by atoms with Crippen LogP contribution in [-0.2, 0) is 13.1 Å². The van der Waals surface area contributed by atoms with Crippen molar-refractivity contribution in [1.29, 1.82) is 0 Å². The van der Waals surface area contributed by atoms with Gasteiger partial charge in [0.05, 0.1) is 25.1 Å². The standard InChI is InChI=1S/C16H22N2O4/c1-3-17(6-7-19)11-14-16(21)15(20)9-12(2)18(14)10-13-5-4-8-22-13/h4-5,8-9,19,21H,3,6-7,10-11H2,1-2H3. The first kappa shape index (κ1) is 16.3. The van der Waals surface area contributed by atoms with Crippen LogP contribution in [0.5, 0.6) is 5.75 Å². The normalized spacial score (nSPS) is 11.3. The molecular formula is C16H22N2O4. The lowest BCUT2D eigenvalue weighted by Crippen LogP contribution is -2.29. The van der Waals surface area contributed by atoms with Gasteiger partial charge < -0.3 is 19.2 Å². The number of hydrogen-bond donors (Lipinski definition) is 2. The lowest BCUT2D eigenvalue weighted by molar-refractivity contribution is 0.191. The number of nitrogens with zero attached hydrogens (tertiary/aromatic N) is 2. The molecule has 2 heterocycles. The molecule has 0 spiro atoms. The molecule has 2 rings (SSSR count). The van der Waals surface area contributed by atoms with E-state index in [0.717, 1.165) is 11.5 Å². The molecule has 0 bridgehead atoms. The molecule has 0 unspecified atom stereocenters. The predicted octanol–water partition coefficient (Wildman–Crippen LogP) is 1.32. The molecule has 2 aromatic heterocycles. The molecule has 6 nitrogen and oxygen atoms in total. The molecule has 2 N–H and O–H groups in total. The fourth-order valence-corrected chi connectivity index (χ4v) is 2.46. The zero-order valence-corrected chi connectivity index (χ0v) is 13.0. The van der Waals surface area contributed by atoms with Crippen LogP contribution in [0.25, 0.3) is 0 Å². The van der Waals surface area contributed by atoms with Crippen LogP contribution in [0.4, 0.5) is 0 Å². The Labute approximate surface area is 129 Å². The zero-order valence-electron chi connectivity index (χ0n) is 13.0. The Bertz CT molecular complexity index is 662. The Morgan fingerprint density at radius 2 is 2.18 bits per heavy atom. The molecule has 120 valence electrons. The first-order chi connectivity index (χ1) is 10.6. The second-order valence-corrected chi connectivity index (χ2v) is 5.20. The van der Waals surface area contributed by atoms with Gasteiger partial charge in [0, 0.05) is 24.8 Å². The van der Waals surface area contributed by atoms with Gasteiger partial charge in [0.1, 0.15) is 5.76 Å². The molecule has 0 fully saturated rings. The molecule has 0 aliphatic rings. The van der Waals surface area contributed by atoms with Crippen molar-refractivity contribution >= 4 is 0 Å². The van der Waals surface area contributed by atoms with Crippen molar-refractivity contribution in [2.24, 2.45) is 0 Å². The maximum atomic E-state index is 11.9. The summed E-state index contributed by atoms with van der Waals surface area (Å²) in [5.74, 6) is 0.506. The predicted molar refractivity (Wildman–Crippen MR) is 83.0 cm³/mol. The molecule has 6 heteroatoms. The molecule has 0 aliphatic carbocycles. The average molecular weight is 306 g/mol. The molecular weight excluding hydrogens is 284 g/mol. The second kappa shape index (κ2) is 7.29. The summed E-state index contributed by atoms with van der Waals surface area (Å²) in [5, 5.41) is 19.3. The fraction of sp³-hybridized carbons (Fsp3) is 0.438. The molecule has 2 aromatic rings. The number of aryl methyl sites for hydroxylation is 1. The van der Waals surface area contributed by atoms with Crippen molar-refractivity contribution in [2.75, 3.05) is 19.7 Å². The third kappa shape index (κ3) is 3.58. The van der Waals surface area contributed by atoms with Gasteiger partial charge in [-0.25, -0.2) is 0 Å². The van der Waals surface area contributed by atoms with E-state index in [4.69, 9.17) is 9.52 Å². The Balaban J connectivity index is 2.42. The number of hydrogen-bond acceptors (Lipinski definition) is 5. The summed E-state index contributed by atoms with van der Waals surface area (Å²) in [6.45, 7) is 5.86. The minimum absolute atomic E-state index is 0.0306. The van der Waals surface area contributed by atoms with Crippen LogP contribution in [-0.4, -0.2) is 39.4 Å². The summed E-state index contributed by atoms with van der Waals surface area (Å²) >= 11 is 0. The Kier molecular flexibility index (Phi) is 5.41. The number of pyridine rings is 1. The molecule has 0 aromatic carbocycles. The molecule has 0 saturated heterocycles. The van der Waals surface area contributed by atoms with Crippen LogP contribution in [0.1, 0.15) is 24.1 Å².